The zero-order chi connectivity index (χ0) is 19.2. The van der Waals surface area contributed by atoms with Crippen molar-refractivity contribution in [1.82, 2.24) is 10.2 Å². The van der Waals surface area contributed by atoms with Crippen LogP contribution in [0.1, 0.15) is 23.6 Å². The molecule has 144 valence electrons. The number of aliphatic imine (C=N–C) groups is 1. The van der Waals surface area contributed by atoms with Gasteiger partial charge in [0, 0.05) is 19.6 Å². The molecule has 0 radical (unpaired) electrons. The molecule has 3 rings (SSSR count). The van der Waals surface area contributed by atoms with Crippen molar-refractivity contribution in [2.75, 3.05) is 27.3 Å². The van der Waals surface area contributed by atoms with Crippen molar-refractivity contribution in [3.63, 3.8) is 0 Å². The van der Waals surface area contributed by atoms with E-state index in [4.69, 9.17) is 14.5 Å². The Balaban J connectivity index is 1.81. The minimum Gasteiger partial charge on any atom is -0.502 e. The van der Waals surface area contributed by atoms with Crippen molar-refractivity contribution in [2.45, 2.75) is 26.4 Å². The van der Waals surface area contributed by atoms with Gasteiger partial charge in [-0.25, -0.2) is 4.99 Å². The molecule has 1 aliphatic rings. The third kappa shape index (κ3) is 4.27. The molecule has 6 nitrogen and oxygen atoms in total. The Bertz CT molecular complexity index is 795. The van der Waals surface area contributed by atoms with E-state index < -0.39 is 0 Å². The van der Waals surface area contributed by atoms with Crippen LogP contribution >= 0.6 is 0 Å². The first-order chi connectivity index (χ1) is 13.2. The summed E-state index contributed by atoms with van der Waals surface area (Å²) in [4.78, 5) is 7.08. The predicted octanol–water partition coefficient (Wildman–Crippen LogP) is 2.93. The van der Waals surface area contributed by atoms with E-state index in [1.807, 2.05) is 0 Å². The number of hydrogen-bond acceptors (Lipinski definition) is 4. The molecule has 27 heavy (non-hydrogen) atoms. The number of ether oxygens (including phenoxy) is 2. The maximum absolute atomic E-state index is 10.1. The molecule has 0 saturated carbocycles. The second kappa shape index (κ2) is 8.66. The molecule has 0 aromatic heterocycles. The maximum Gasteiger partial charge on any atom is 0.200 e. The van der Waals surface area contributed by atoms with Crippen LogP contribution in [0.25, 0.3) is 0 Å². The van der Waals surface area contributed by atoms with Crippen molar-refractivity contribution in [3.8, 4) is 17.2 Å². The van der Waals surface area contributed by atoms with Crippen LogP contribution in [0.3, 0.4) is 0 Å². The number of phenolic OH excluding ortho intramolecular Hbond substituents is 1. The molecular weight excluding hydrogens is 342 g/mol. The van der Waals surface area contributed by atoms with Crippen LogP contribution in [0.15, 0.2) is 41.4 Å². The fourth-order valence-corrected chi connectivity index (χ4v) is 3.31. The SMILES string of the molecule is CCNC(=NCc1cc(OC)c(O)c(OC)c1)N1CCc2ccccc2C1. The minimum atomic E-state index is 0.00673. The average Bonchev–Trinajstić information content (AvgIpc) is 2.71. The highest BCUT2D eigenvalue weighted by Gasteiger charge is 2.19. The maximum atomic E-state index is 10.1. The van der Waals surface area contributed by atoms with Crippen LogP contribution in [0.5, 0.6) is 17.2 Å². The van der Waals surface area contributed by atoms with Gasteiger partial charge in [0.05, 0.1) is 20.8 Å². The van der Waals surface area contributed by atoms with Crippen LogP contribution in [0.4, 0.5) is 0 Å². The van der Waals surface area contributed by atoms with Crippen LogP contribution in [-0.2, 0) is 19.5 Å². The van der Waals surface area contributed by atoms with Gasteiger partial charge in [-0.05, 0) is 42.2 Å². The van der Waals surface area contributed by atoms with E-state index in [1.54, 1.807) is 12.1 Å². The second-order valence-corrected chi connectivity index (χ2v) is 6.46. The Kier molecular flexibility index (Phi) is 6.06. The molecule has 0 unspecified atom stereocenters. The van der Waals surface area contributed by atoms with Gasteiger partial charge in [0.2, 0.25) is 5.75 Å². The highest BCUT2D eigenvalue weighted by atomic mass is 16.5. The van der Waals surface area contributed by atoms with Gasteiger partial charge in [0.15, 0.2) is 17.5 Å². The molecule has 0 amide bonds. The number of aromatic hydroxyl groups is 1. The van der Waals surface area contributed by atoms with E-state index >= 15 is 0 Å². The average molecular weight is 369 g/mol. The summed E-state index contributed by atoms with van der Waals surface area (Å²) in [5, 5.41) is 13.5. The van der Waals surface area contributed by atoms with Gasteiger partial charge in [-0.15, -0.1) is 0 Å². The molecule has 2 aromatic carbocycles. The summed E-state index contributed by atoms with van der Waals surface area (Å²) < 4.78 is 10.5. The van der Waals surface area contributed by atoms with E-state index in [-0.39, 0.29) is 5.75 Å². The van der Waals surface area contributed by atoms with Crippen molar-refractivity contribution in [3.05, 3.63) is 53.1 Å². The van der Waals surface area contributed by atoms with Crippen molar-refractivity contribution >= 4 is 5.96 Å². The van der Waals surface area contributed by atoms with Crippen molar-refractivity contribution in [1.29, 1.82) is 0 Å². The number of nitrogens with one attached hydrogen (secondary N) is 1. The molecular formula is C21H27N3O3. The van der Waals surface area contributed by atoms with Crippen molar-refractivity contribution < 1.29 is 14.6 Å². The van der Waals surface area contributed by atoms with E-state index in [2.05, 4.69) is 41.4 Å². The van der Waals surface area contributed by atoms with Crippen molar-refractivity contribution in [2.24, 2.45) is 4.99 Å². The molecule has 0 bridgehead atoms. The third-order valence-electron chi connectivity index (χ3n) is 4.72. The predicted molar refractivity (Wildman–Crippen MR) is 107 cm³/mol. The van der Waals surface area contributed by atoms with Gasteiger partial charge < -0.3 is 24.8 Å². The zero-order valence-electron chi connectivity index (χ0n) is 16.2. The Morgan fingerprint density at radius 2 is 1.81 bits per heavy atom. The summed E-state index contributed by atoms with van der Waals surface area (Å²) in [6.07, 6.45) is 1.02. The Morgan fingerprint density at radius 3 is 2.44 bits per heavy atom. The van der Waals surface area contributed by atoms with E-state index in [9.17, 15) is 5.11 Å². The van der Waals surface area contributed by atoms with Gasteiger partial charge in [-0.2, -0.15) is 0 Å². The molecule has 2 aromatic rings. The monoisotopic (exact) mass is 369 g/mol. The van der Waals surface area contributed by atoms with Gasteiger partial charge >= 0.3 is 0 Å². The fraction of sp³-hybridized carbons (Fsp3) is 0.381. The highest BCUT2D eigenvalue weighted by Crippen LogP contribution is 2.37. The molecule has 0 fully saturated rings. The van der Waals surface area contributed by atoms with Gasteiger partial charge in [0.25, 0.3) is 0 Å². The Labute approximate surface area is 160 Å². The topological polar surface area (TPSA) is 66.3 Å². The second-order valence-electron chi connectivity index (χ2n) is 6.46. The number of nitrogens with zero attached hydrogens (tertiary/aromatic N) is 2. The number of guanidine groups is 1. The normalized spacial score (nSPS) is 13.9. The molecule has 2 N–H and O–H groups in total. The Hall–Kier alpha value is -2.89. The molecule has 1 heterocycles. The number of methoxy groups -OCH3 is 2. The van der Waals surface area contributed by atoms with E-state index in [0.717, 1.165) is 37.6 Å². The van der Waals surface area contributed by atoms with E-state index in [0.29, 0.717) is 18.0 Å². The standard InChI is InChI=1S/C21H27N3O3/c1-4-22-21(24-10-9-16-7-5-6-8-17(16)14-24)23-13-15-11-18(26-2)20(25)19(12-15)27-3/h5-8,11-12,25H,4,9-10,13-14H2,1-3H3,(H,22,23). The Morgan fingerprint density at radius 1 is 1.15 bits per heavy atom. The first-order valence-corrected chi connectivity index (χ1v) is 9.20. The molecule has 0 saturated heterocycles. The molecule has 0 aliphatic carbocycles. The summed E-state index contributed by atoms with van der Waals surface area (Å²) in [6.45, 7) is 5.13. The van der Waals surface area contributed by atoms with Crippen LogP contribution in [0.2, 0.25) is 0 Å². The number of rotatable bonds is 5. The summed E-state index contributed by atoms with van der Waals surface area (Å²) in [6, 6.07) is 12.1. The quantitative estimate of drug-likeness (QED) is 0.627. The number of fused-ring (bicyclic) bond motifs is 1. The first kappa shape index (κ1) is 18.9. The largest absolute Gasteiger partial charge is 0.502 e. The lowest BCUT2D eigenvalue weighted by atomic mass is 10.0. The van der Waals surface area contributed by atoms with Gasteiger partial charge in [0.1, 0.15) is 0 Å². The molecule has 0 spiro atoms. The lowest BCUT2D eigenvalue weighted by Gasteiger charge is -2.31. The number of hydrogen-bond donors (Lipinski definition) is 2. The zero-order valence-corrected chi connectivity index (χ0v) is 16.2. The van der Waals surface area contributed by atoms with Crippen LogP contribution < -0.4 is 14.8 Å². The highest BCUT2D eigenvalue weighted by molar-refractivity contribution is 5.80. The summed E-state index contributed by atoms with van der Waals surface area (Å²) in [5.41, 5.74) is 3.68. The summed E-state index contributed by atoms with van der Waals surface area (Å²) in [5.74, 6) is 1.66. The summed E-state index contributed by atoms with van der Waals surface area (Å²) >= 11 is 0. The fourth-order valence-electron chi connectivity index (χ4n) is 3.31. The number of phenols is 1. The first-order valence-electron chi connectivity index (χ1n) is 9.20. The van der Waals surface area contributed by atoms with Crippen LogP contribution in [-0.4, -0.2) is 43.3 Å². The molecule has 0 atom stereocenters. The number of benzene rings is 2. The smallest absolute Gasteiger partial charge is 0.200 e. The van der Waals surface area contributed by atoms with Gasteiger partial charge in [-0.3, -0.25) is 0 Å². The van der Waals surface area contributed by atoms with Crippen LogP contribution in [0, 0.1) is 0 Å². The lowest BCUT2D eigenvalue weighted by Crippen LogP contribution is -2.44. The minimum absolute atomic E-state index is 0.00673. The molecule has 6 heteroatoms. The molecule has 1 aliphatic heterocycles. The van der Waals surface area contributed by atoms with E-state index in [1.165, 1.54) is 25.3 Å². The van der Waals surface area contributed by atoms with Gasteiger partial charge in [-0.1, -0.05) is 24.3 Å². The summed E-state index contributed by atoms with van der Waals surface area (Å²) in [7, 11) is 3.05. The lowest BCUT2D eigenvalue weighted by molar-refractivity contribution is 0.339. The third-order valence-corrected chi connectivity index (χ3v) is 4.72.